The third-order valence-electron chi connectivity index (χ3n) is 3.45. The van der Waals surface area contributed by atoms with Gasteiger partial charge in [0.2, 0.25) is 0 Å². The average molecular weight is 377 g/mol. The number of halogens is 3. The molecule has 0 amide bonds. The smallest absolute Gasteiger partial charge is 0.138 e. The summed E-state index contributed by atoms with van der Waals surface area (Å²) in [6.45, 7) is 2.83. The Bertz CT molecular complexity index is 567. The normalized spacial score (nSPS) is 11.8. The molecule has 0 spiro atoms. The van der Waals surface area contributed by atoms with E-state index in [1.54, 1.807) is 6.33 Å². The molecule has 1 aromatic heterocycles. The number of rotatable bonds is 6. The van der Waals surface area contributed by atoms with E-state index in [0.717, 1.165) is 22.4 Å². The molecule has 0 saturated heterocycles. The van der Waals surface area contributed by atoms with Gasteiger partial charge in [0.1, 0.15) is 12.2 Å². The summed E-state index contributed by atoms with van der Waals surface area (Å²) in [4.78, 5) is 4.34. The summed E-state index contributed by atoms with van der Waals surface area (Å²) in [7, 11) is 0. The van der Waals surface area contributed by atoms with E-state index in [0.29, 0.717) is 18.2 Å². The number of hydrogen-bond acceptors (Lipinski definition) is 2. The van der Waals surface area contributed by atoms with Crippen LogP contribution in [0.15, 0.2) is 35.1 Å². The van der Waals surface area contributed by atoms with Crippen LogP contribution in [0.3, 0.4) is 0 Å². The SMILES string of the molecule is CCn1ncnc1CC(CCl)(CCl)c1ccccc1Br. The lowest BCUT2D eigenvalue weighted by molar-refractivity contribution is 0.489. The summed E-state index contributed by atoms with van der Waals surface area (Å²) in [5.74, 6) is 1.76. The number of hydrogen-bond donors (Lipinski definition) is 0. The zero-order valence-electron chi connectivity index (χ0n) is 11.2. The second-order valence-corrected chi connectivity index (χ2v) is 6.09. The second-order valence-electron chi connectivity index (χ2n) is 4.70. The lowest BCUT2D eigenvalue weighted by Crippen LogP contribution is -2.35. The van der Waals surface area contributed by atoms with Crippen molar-refractivity contribution < 1.29 is 0 Å². The molecular weight excluding hydrogens is 361 g/mol. The molecule has 0 saturated carbocycles. The standard InChI is InChI=1S/C14H16BrCl2N3/c1-2-20-13(18-10-19-20)7-14(8-16,9-17)11-5-3-4-6-12(11)15/h3-6,10H,2,7-9H2,1H3. The van der Waals surface area contributed by atoms with E-state index < -0.39 is 0 Å². The number of nitrogens with zero attached hydrogens (tertiary/aromatic N) is 3. The van der Waals surface area contributed by atoms with Crippen molar-refractivity contribution >= 4 is 39.1 Å². The van der Waals surface area contributed by atoms with Crippen LogP contribution in [0.4, 0.5) is 0 Å². The van der Waals surface area contributed by atoms with Gasteiger partial charge in [-0.15, -0.1) is 23.2 Å². The Hall–Kier alpha value is -0.580. The first-order chi connectivity index (χ1) is 9.66. The minimum absolute atomic E-state index is 0.358. The molecule has 2 aromatic rings. The van der Waals surface area contributed by atoms with Gasteiger partial charge in [-0.25, -0.2) is 4.98 Å². The van der Waals surface area contributed by atoms with E-state index in [1.807, 2.05) is 29.8 Å². The molecule has 20 heavy (non-hydrogen) atoms. The summed E-state index contributed by atoms with van der Waals surface area (Å²) in [5.41, 5.74) is 0.749. The minimum atomic E-state index is -0.358. The third kappa shape index (κ3) is 3.02. The summed E-state index contributed by atoms with van der Waals surface area (Å²) >= 11 is 16.2. The highest BCUT2D eigenvalue weighted by molar-refractivity contribution is 9.10. The second kappa shape index (κ2) is 6.92. The lowest BCUT2D eigenvalue weighted by Gasteiger charge is -2.30. The number of aryl methyl sites for hydroxylation is 1. The van der Waals surface area contributed by atoms with Gasteiger partial charge in [-0.3, -0.25) is 4.68 Å². The van der Waals surface area contributed by atoms with Gasteiger partial charge in [-0.1, -0.05) is 34.1 Å². The highest BCUT2D eigenvalue weighted by Crippen LogP contribution is 2.35. The first-order valence-electron chi connectivity index (χ1n) is 6.40. The molecule has 6 heteroatoms. The van der Waals surface area contributed by atoms with Gasteiger partial charge < -0.3 is 0 Å². The van der Waals surface area contributed by atoms with E-state index in [1.165, 1.54) is 0 Å². The molecule has 1 heterocycles. The first-order valence-corrected chi connectivity index (χ1v) is 8.26. The van der Waals surface area contributed by atoms with Crippen molar-refractivity contribution in [2.75, 3.05) is 11.8 Å². The van der Waals surface area contributed by atoms with E-state index in [-0.39, 0.29) is 5.41 Å². The van der Waals surface area contributed by atoms with Gasteiger partial charge in [-0.2, -0.15) is 5.10 Å². The highest BCUT2D eigenvalue weighted by Gasteiger charge is 2.34. The predicted molar refractivity (Wildman–Crippen MR) is 86.7 cm³/mol. The average Bonchev–Trinajstić information content (AvgIpc) is 2.92. The van der Waals surface area contributed by atoms with Crippen molar-refractivity contribution in [2.24, 2.45) is 0 Å². The maximum atomic E-state index is 6.28. The van der Waals surface area contributed by atoms with Crippen molar-refractivity contribution in [1.29, 1.82) is 0 Å². The molecule has 0 N–H and O–H groups in total. The summed E-state index contributed by atoms with van der Waals surface area (Å²) in [6, 6.07) is 8.04. The lowest BCUT2D eigenvalue weighted by atomic mass is 9.81. The molecule has 2 rings (SSSR count). The molecule has 0 atom stereocenters. The zero-order chi connectivity index (χ0) is 14.6. The zero-order valence-corrected chi connectivity index (χ0v) is 14.3. The van der Waals surface area contributed by atoms with Crippen LogP contribution in [0.1, 0.15) is 18.3 Å². The monoisotopic (exact) mass is 375 g/mol. The topological polar surface area (TPSA) is 30.7 Å². The quantitative estimate of drug-likeness (QED) is 0.713. The molecular formula is C14H16BrCl2N3. The molecule has 0 aliphatic carbocycles. The fourth-order valence-corrected chi connectivity index (χ4v) is 3.72. The summed E-state index contributed by atoms with van der Waals surface area (Å²) < 4.78 is 2.90. The molecule has 0 bridgehead atoms. The van der Waals surface area contributed by atoms with Crippen LogP contribution in [0.25, 0.3) is 0 Å². The fraction of sp³-hybridized carbons (Fsp3) is 0.429. The van der Waals surface area contributed by atoms with E-state index in [4.69, 9.17) is 23.2 Å². The van der Waals surface area contributed by atoms with E-state index in [9.17, 15) is 0 Å². The Morgan fingerprint density at radius 3 is 2.55 bits per heavy atom. The van der Waals surface area contributed by atoms with Crippen LogP contribution in [0.5, 0.6) is 0 Å². The molecule has 3 nitrogen and oxygen atoms in total. The number of benzene rings is 1. The van der Waals surface area contributed by atoms with Gasteiger partial charge in [0.25, 0.3) is 0 Å². The van der Waals surface area contributed by atoms with Crippen molar-refractivity contribution in [3.8, 4) is 0 Å². The van der Waals surface area contributed by atoms with E-state index in [2.05, 4.69) is 32.1 Å². The van der Waals surface area contributed by atoms with Crippen molar-refractivity contribution in [3.63, 3.8) is 0 Å². The maximum Gasteiger partial charge on any atom is 0.138 e. The predicted octanol–water partition coefficient (Wildman–Crippen LogP) is 4.02. The molecule has 0 radical (unpaired) electrons. The van der Waals surface area contributed by atoms with Crippen LogP contribution < -0.4 is 0 Å². The highest BCUT2D eigenvalue weighted by atomic mass is 79.9. The molecule has 0 unspecified atom stereocenters. The van der Waals surface area contributed by atoms with Crippen LogP contribution in [0.2, 0.25) is 0 Å². The Morgan fingerprint density at radius 1 is 1.25 bits per heavy atom. The van der Waals surface area contributed by atoms with Crippen LogP contribution >= 0.6 is 39.1 Å². The van der Waals surface area contributed by atoms with Crippen LogP contribution in [-0.4, -0.2) is 26.5 Å². The Morgan fingerprint density at radius 2 is 1.95 bits per heavy atom. The number of alkyl halides is 2. The Labute approximate surface area is 137 Å². The van der Waals surface area contributed by atoms with E-state index >= 15 is 0 Å². The van der Waals surface area contributed by atoms with Crippen molar-refractivity contribution in [3.05, 3.63) is 46.5 Å². The van der Waals surface area contributed by atoms with Gasteiger partial charge in [0.15, 0.2) is 0 Å². The minimum Gasteiger partial charge on any atom is -0.250 e. The van der Waals surface area contributed by atoms with Crippen molar-refractivity contribution in [1.82, 2.24) is 14.8 Å². The van der Waals surface area contributed by atoms with Gasteiger partial charge in [-0.05, 0) is 18.6 Å². The molecule has 1 aromatic carbocycles. The van der Waals surface area contributed by atoms with Crippen molar-refractivity contribution in [2.45, 2.75) is 25.3 Å². The largest absolute Gasteiger partial charge is 0.250 e. The van der Waals surface area contributed by atoms with Gasteiger partial charge in [0, 0.05) is 34.6 Å². The third-order valence-corrected chi connectivity index (χ3v) is 5.16. The Balaban J connectivity index is 2.43. The summed E-state index contributed by atoms with van der Waals surface area (Å²) in [6.07, 6.45) is 2.24. The molecule has 108 valence electrons. The number of aromatic nitrogens is 3. The molecule has 0 aliphatic rings. The first kappa shape index (κ1) is 15.8. The Kier molecular flexibility index (Phi) is 5.47. The maximum absolute atomic E-state index is 6.28. The molecule has 0 fully saturated rings. The fourth-order valence-electron chi connectivity index (χ4n) is 2.25. The van der Waals surface area contributed by atoms with Gasteiger partial charge in [0.05, 0.1) is 0 Å². The summed E-state index contributed by atoms with van der Waals surface area (Å²) in [5, 5.41) is 4.21. The van der Waals surface area contributed by atoms with Gasteiger partial charge >= 0.3 is 0 Å². The van der Waals surface area contributed by atoms with Crippen LogP contribution in [0, 0.1) is 0 Å². The molecule has 0 aliphatic heterocycles. The van der Waals surface area contributed by atoms with Crippen LogP contribution in [-0.2, 0) is 18.4 Å².